The van der Waals surface area contributed by atoms with Gasteiger partial charge in [0.15, 0.2) is 6.61 Å². The maximum atomic E-state index is 12.4. The van der Waals surface area contributed by atoms with Crippen LogP contribution in [0.5, 0.6) is 5.75 Å². The van der Waals surface area contributed by atoms with Gasteiger partial charge in [-0.1, -0.05) is 35.9 Å². The number of hydrogen-bond acceptors (Lipinski definition) is 5. The molecule has 1 saturated heterocycles. The predicted octanol–water partition coefficient (Wildman–Crippen LogP) is 0.887. The largest absolute Gasteiger partial charge is 0.484 e. The Hall–Kier alpha value is -3.88. The molecule has 0 aliphatic carbocycles. The molecule has 5 amide bonds. The van der Waals surface area contributed by atoms with Crippen LogP contribution in [0, 0.1) is 6.92 Å². The molecule has 3 N–H and O–H groups in total. The zero-order valence-electron chi connectivity index (χ0n) is 15.7. The van der Waals surface area contributed by atoms with Crippen LogP contribution in [-0.4, -0.2) is 41.8 Å². The number of rotatable bonds is 6. The van der Waals surface area contributed by atoms with E-state index in [0.717, 1.165) is 10.5 Å². The molecule has 1 fully saturated rings. The summed E-state index contributed by atoms with van der Waals surface area (Å²) in [4.78, 5) is 48.9. The molecule has 0 bridgehead atoms. The summed E-state index contributed by atoms with van der Waals surface area (Å²) in [5.41, 5.74) is 6.37. The van der Waals surface area contributed by atoms with Gasteiger partial charge in [0.05, 0.1) is 13.1 Å². The van der Waals surface area contributed by atoms with E-state index in [2.05, 4.69) is 16.2 Å². The molecule has 29 heavy (non-hydrogen) atoms. The number of aryl methyl sites for hydroxylation is 1. The lowest BCUT2D eigenvalue weighted by Gasteiger charge is -2.15. The number of benzene rings is 2. The van der Waals surface area contributed by atoms with Crippen molar-refractivity contribution in [3.63, 3.8) is 0 Å². The summed E-state index contributed by atoms with van der Waals surface area (Å²) in [5, 5.41) is 2.42. The van der Waals surface area contributed by atoms with Crippen LogP contribution in [-0.2, 0) is 16.1 Å². The third kappa shape index (κ3) is 5.10. The monoisotopic (exact) mass is 396 g/mol. The van der Waals surface area contributed by atoms with E-state index in [4.69, 9.17) is 4.74 Å². The third-order valence-electron chi connectivity index (χ3n) is 4.23. The zero-order chi connectivity index (χ0) is 20.8. The standard InChI is InChI=1S/C20H20N4O5/c1-13-6-8-15(9-7-13)29-12-17(25)22-23-19(27)16-5-3-2-4-14(16)11-24-18(26)10-21-20(24)28/h2-9H,10-12H2,1H3,(H,21,28)(H,22,25)(H,23,27). The van der Waals surface area contributed by atoms with Crippen LogP contribution in [0.2, 0.25) is 0 Å². The number of nitrogens with one attached hydrogen (secondary N) is 3. The first-order valence-corrected chi connectivity index (χ1v) is 8.89. The number of imide groups is 1. The van der Waals surface area contributed by atoms with Crippen LogP contribution in [0.25, 0.3) is 0 Å². The first-order valence-electron chi connectivity index (χ1n) is 8.89. The number of urea groups is 1. The molecular weight excluding hydrogens is 376 g/mol. The van der Waals surface area contributed by atoms with Crippen LogP contribution >= 0.6 is 0 Å². The van der Waals surface area contributed by atoms with Crippen molar-refractivity contribution in [1.82, 2.24) is 21.1 Å². The van der Waals surface area contributed by atoms with Gasteiger partial charge >= 0.3 is 6.03 Å². The minimum atomic E-state index is -0.573. The van der Waals surface area contributed by atoms with Crippen molar-refractivity contribution in [2.75, 3.05) is 13.2 Å². The summed E-state index contributed by atoms with van der Waals surface area (Å²) in [6, 6.07) is 13.2. The predicted molar refractivity (Wildman–Crippen MR) is 103 cm³/mol. The van der Waals surface area contributed by atoms with Gasteiger partial charge in [-0.25, -0.2) is 4.79 Å². The molecule has 1 aliphatic rings. The second-order valence-electron chi connectivity index (χ2n) is 6.40. The van der Waals surface area contributed by atoms with Crippen molar-refractivity contribution in [1.29, 1.82) is 0 Å². The van der Waals surface area contributed by atoms with Gasteiger partial charge in [0.2, 0.25) is 5.91 Å². The third-order valence-corrected chi connectivity index (χ3v) is 4.23. The van der Waals surface area contributed by atoms with Crippen LogP contribution in [0.4, 0.5) is 4.79 Å². The van der Waals surface area contributed by atoms with Crippen molar-refractivity contribution >= 4 is 23.8 Å². The molecule has 1 heterocycles. The Morgan fingerprint density at radius 1 is 1.07 bits per heavy atom. The number of carbonyl (C=O) groups excluding carboxylic acids is 4. The van der Waals surface area contributed by atoms with Crippen molar-refractivity contribution in [3.05, 3.63) is 65.2 Å². The minimum absolute atomic E-state index is 0.0429. The molecule has 0 radical (unpaired) electrons. The lowest BCUT2D eigenvalue weighted by Crippen LogP contribution is -2.44. The summed E-state index contributed by atoms with van der Waals surface area (Å²) in [6.45, 7) is 1.56. The average Bonchev–Trinajstić information content (AvgIpc) is 3.04. The first-order chi connectivity index (χ1) is 13.9. The second-order valence-corrected chi connectivity index (χ2v) is 6.40. The van der Waals surface area contributed by atoms with Gasteiger partial charge in [0.25, 0.3) is 11.8 Å². The Labute approximate surface area is 167 Å². The van der Waals surface area contributed by atoms with Gasteiger partial charge < -0.3 is 10.1 Å². The Morgan fingerprint density at radius 2 is 1.79 bits per heavy atom. The fourth-order valence-corrected chi connectivity index (χ4v) is 2.68. The van der Waals surface area contributed by atoms with E-state index in [1.54, 1.807) is 30.3 Å². The molecule has 150 valence electrons. The fourth-order valence-electron chi connectivity index (χ4n) is 2.68. The quantitative estimate of drug-likeness (QED) is 0.495. The number of hydrazine groups is 1. The highest BCUT2D eigenvalue weighted by molar-refractivity contribution is 6.02. The molecule has 0 aromatic heterocycles. The maximum absolute atomic E-state index is 12.4. The Morgan fingerprint density at radius 3 is 2.48 bits per heavy atom. The van der Waals surface area contributed by atoms with Crippen LogP contribution in [0.15, 0.2) is 48.5 Å². The van der Waals surface area contributed by atoms with Gasteiger partial charge in [-0.05, 0) is 30.7 Å². The molecule has 0 atom stereocenters. The summed E-state index contributed by atoms with van der Waals surface area (Å²) in [6.07, 6.45) is 0. The van der Waals surface area contributed by atoms with E-state index in [-0.39, 0.29) is 31.2 Å². The number of carbonyl (C=O) groups is 4. The smallest absolute Gasteiger partial charge is 0.324 e. The SMILES string of the molecule is Cc1ccc(OCC(=O)NNC(=O)c2ccccc2CN2C(=O)CNC2=O)cc1. The Balaban J connectivity index is 1.55. The molecule has 2 aromatic carbocycles. The molecule has 9 heteroatoms. The van der Waals surface area contributed by atoms with Gasteiger partial charge in [-0.3, -0.25) is 30.1 Å². The van der Waals surface area contributed by atoms with Crippen molar-refractivity contribution < 1.29 is 23.9 Å². The number of ether oxygens (including phenoxy) is 1. The van der Waals surface area contributed by atoms with Crippen LogP contribution in [0.1, 0.15) is 21.5 Å². The summed E-state index contributed by atoms with van der Waals surface area (Å²) >= 11 is 0. The Bertz CT molecular complexity index is 926. The zero-order valence-corrected chi connectivity index (χ0v) is 15.7. The number of nitrogens with zero attached hydrogens (tertiary/aromatic N) is 1. The molecular formula is C20H20N4O5. The molecule has 0 spiro atoms. The lowest BCUT2D eigenvalue weighted by molar-refractivity contribution is -0.125. The van der Waals surface area contributed by atoms with Gasteiger partial charge in [0, 0.05) is 5.56 Å². The lowest BCUT2D eigenvalue weighted by atomic mass is 10.1. The highest BCUT2D eigenvalue weighted by Crippen LogP contribution is 2.14. The second kappa shape index (κ2) is 8.87. The van der Waals surface area contributed by atoms with Gasteiger partial charge in [-0.2, -0.15) is 0 Å². The topological polar surface area (TPSA) is 117 Å². The summed E-state index contributed by atoms with van der Waals surface area (Å²) in [5.74, 6) is -0.940. The minimum Gasteiger partial charge on any atom is -0.484 e. The highest BCUT2D eigenvalue weighted by atomic mass is 16.5. The molecule has 0 unspecified atom stereocenters. The molecule has 1 aliphatic heterocycles. The molecule has 9 nitrogen and oxygen atoms in total. The highest BCUT2D eigenvalue weighted by Gasteiger charge is 2.29. The maximum Gasteiger partial charge on any atom is 0.324 e. The molecule has 2 aromatic rings. The van der Waals surface area contributed by atoms with E-state index in [1.807, 2.05) is 19.1 Å². The fraction of sp³-hybridized carbons (Fsp3) is 0.200. The van der Waals surface area contributed by atoms with E-state index >= 15 is 0 Å². The van der Waals surface area contributed by atoms with Gasteiger partial charge in [0.1, 0.15) is 5.75 Å². The van der Waals surface area contributed by atoms with Crippen molar-refractivity contribution in [2.45, 2.75) is 13.5 Å². The normalized spacial score (nSPS) is 13.1. The van der Waals surface area contributed by atoms with Crippen LogP contribution < -0.4 is 20.9 Å². The summed E-state index contributed by atoms with van der Waals surface area (Å²) < 4.78 is 5.34. The van der Waals surface area contributed by atoms with E-state index < -0.39 is 17.8 Å². The average molecular weight is 396 g/mol. The van der Waals surface area contributed by atoms with E-state index in [0.29, 0.717) is 11.3 Å². The van der Waals surface area contributed by atoms with E-state index in [9.17, 15) is 19.2 Å². The van der Waals surface area contributed by atoms with Crippen molar-refractivity contribution in [3.8, 4) is 5.75 Å². The van der Waals surface area contributed by atoms with Crippen molar-refractivity contribution in [2.24, 2.45) is 0 Å². The molecule has 0 saturated carbocycles. The number of amides is 5. The first kappa shape index (κ1) is 19.9. The Kier molecular flexibility index (Phi) is 6.08. The molecule has 3 rings (SSSR count). The number of hydrogen-bond donors (Lipinski definition) is 3. The van der Waals surface area contributed by atoms with Gasteiger partial charge in [-0.15, -0.1) is 0 Å². The van der Waals surface area contributed by atoms with Crippen LogP contribution in [0.3, 0.4) is 0 Å². The summed E-state index contributed by atoms with van der Waals surface area (Å²) in [7, 11) is 0. The van der Waals surface area contributed by atoms with E-state index in [1.165, 1.54) is 6.07 Å².